The molecule has 0 radical (unpaired) electrons. The van der Waals surface area contributed by atoms with E-state index in [4.69, 9.17) is 23.2 Å². The van der Waals surface area contributed by atoms with Crippen LogP contribution >= 0.6 is 45.9 Å². The van der Waals surface area contributed by atoms with E-state index in [0.717, 1.165) is 11.3 Å². The summed E-state index contributed by atoms with van der Waals surface area (Å²) in [4.78, 5) is 46.6. The Hall–Kier alpha value is -1.80. The van der Waals surface area contributed by atoms with Crippen LogP contribution in [0.2, 0.25) is 10.0 Å². The number of hydrogen-bond donors (Lipinski definition) is 2. The Balaban J connectivity index is 0.00000274. The van der Waals surface area contributed by atoms with Gasteiger partial charge < -0.3 is 25.1 Å². The smallest absolute Gasteiger partial charge is 0.544 e. The molecule has 0 spiro atoms. The van der Waals surface area contributed by atoms with Crippen LogP contribution < -0.4 is 34.2 Å². The third-order valence-corrected chi connectivity index (χ3v) is 9.27. The number of aryl methyl sites for hydroxylation is 1. The molecule has 5 rings (SSSR count). The number of piperidine rings is 1. The van der Waals surface area contributed by atoms with E-state index >= 15 is 0 Å². The molecule has 1 saturated carbocycles. The van der Waals surface area contributed by atoms with Crippen molar-refractivity contribution in [1.29, 1.82) is 0 Å². The van der Waals surface area contributed by atoms with E-state index in [1.54, 1.807) is 19.1 Å². The minimum absolute atomic E-state index is 0. The van der Waals surface area contributed by atoms with Gasteiger partial charge in [0.15, 0.2) is 10.9 Å². The van der Waals surface area contributed by atoms with Crippen LogP contribution in [0.15, 0.2) is 12.1 Å². The summed E-state index contributed by atoms with van der Waals surface area (Å²) in [5, 5.41) is 15.9. The minimum Gasteiger partial charge on any atom is -0.544 e. The Morgan fingerprint density at radius 2 is 1.85 bits per heavy atom. The summed E-state index contributed by atoms with van der Waals surface area (Å²) in [5.74, 6) is -1.19. The molecule has 0 aromatic carbocycles. The summed E-state index contributed by atoms with van der Waals surface area (Å²) in [6, 6.07) is 3.39. The molecule has 2 N–H and O–H groups in total. The maximum Gasteiger partial charge on any atom is 1.00 e. The van der Waals surface area contributed by atoms with Crippen molar-refractivity contribution >= 4 is 68.7 Å². The van der Waals surface area contributed by atoms with E-state index in [1.807, 2.05) is 4.90 Å². The Kier molecular flexibility index (Phi) is 6.95. The van der Waals surface area contributed by atoms with E-state index in [9.17, 15) is 19.5 Å². The van der Waals surface area contributed by atoms with Crippen LogP contribution in [0.3, 0.4) is 0 Å². The second kappa shape index (κ2) is 9.34. The number of ketones is 1. The van der Waals surface area contributed by atoms with E-state index in [0.29, 0.717) is 44.4 Å². The van der Waals surface area contributed by atoms with Gasteiger partial charge in [-0.3, -0.25) is 9.59 Å². The quantitative estimate of drug-likeness (QED) is 0.348. The number of thiophene rings is 1. The van der Waals surface area contributed by atoms with Crippen molar-refractivity contribution in [2.45, 2.75) is 19.9 Å². The number of aromatic amines is 1. The van der Waals surface area contributed by atoms with E-state index in [1.165, 1.54) is 18.3 Å². The third kappa shape index (κ3) is 4.32. The SMILES string of the molecule is CC(=O)c1ccc(-c2nc(N3C[C@@H]4[C@H](C3)[C@@H]4NC(=O)c3[nH]c(C)c(Cl)c3Cl)sc2C(=O)[O-])s1.[Li+]. The van der Waals surface area contributed by atoms with Crippen LogP contribution in [0.1, 0.15) is 42.4 Å². The van der Waals surface area contributed by atoms with Gasteiger partial charge in [0.25, 0.3) is 5.91 Å². The molecule has 1 amide bonds. The Labute approximate surface area is 224 Å². The standard InChI is InChI=1S/C21H18Cl2N4O4S2.Li/c1-7-13(22)14(23)17(24-7)19(29)25-15-9-5-27(6-10(9)15)21-26-16(18(33-21)20(30)31)12-4-3-11(32-12)8(2)28;/h3-4,9-10,15,24H,5-6H2,1-2H3,(H,25,29)(H,30,31);/q;+1/p-1/t9-,10+,15-;. The number of aromatic carboxylic acids is 1. The Bertz CT molecular complexity index is 1310. The number of rotatable bonds is 6. The molecule has 2 fully saturated rings. The third-order valence-electron chi connectivity index (χ3n) is 6.03. The van der Waals surface area contributed by atoms with Gasteiger partial charge >= 0.3 is 18.9 Å². The number of carbonyl (C=O) groups is 3. The van der Waals surface area contributed by atoms with Gasteiger partial charge in [-0.15, -0.1) is 11.3 Å². The van der Waals surface area contributed by atoms with Crippen molar-refractivity contribution < 1.29 is 38.4 Å². The number of H-pyrrole nitrogens is 1. The number of nitrogens with zero attached hydrogens (tertiary/aromatic N) is 2. The number of halogens is 2. The van der Waals surface area contributed by atoms with Crippen molar-refractivity contribution in [2.75, 3.05) is 18.0 Å². The molecule has 8 nitrogen and oxygen atoms in total. The minimum atomic E-state index is -1.29. The van der Waals surface area contributed by atoms with Gasteiger partial charge in [-0.25, -0.2) is 4.98 Å². The second-order valence-electron chi connectivity index (χ2n) is 8.17. The molecule has 1 aliphatic carbocycles. The fourth-order valence-corrected chi connectivity index (χ4v) is 6.56. The zero-order chi connectivity index (χ0) is 23.6. The zero-order valence-electron chi connectivity index (χ0n) is 18.4. The number of amides is 1. The number of hydrogen-bond acceptors (Lipinski definition) is 8. The van der Waals surface area contributed by atoms with Gasteiger partial charge in [0.1, 0.15) is 11.4 Å². The van der Waals surface area contributed by atoms with Crippen molar-refractivity contribution in [3.05, 3.63) is 43.3 Å². The molecule has 2 aliphatic rings. The summed E-state index contributed by atoms with van der Waals surface area (Å²) in [7, 11) is 0. The van der Waals surface area contributed by atoms with Gasteiger partial charge in [-0.1, -0.05) is 34.5 Å². The first-order valence-corrected chi connectivity index (χ1v) is 12.5. The summed E-state index contributed by atoms with van der Waals surface area (Å²) < 4.78 is 0. The average molecular weight is 531 g/mol. The molecule has 3 aromatic rings. The maximum atomic E-state index is 12.6. The number of carboxylic acid groups (broad SMARTS) is 1. The Morgan fingerprint density at radius 3 is 2.38 bits per heavy atom. The number of fused-ring (bicyclic) bond motifs is 1. The number of aromatic nitrogens is 2. The molecule has 0 unspecified atom stereocenters. The summed E-state index contributed by atoms with van der Waals surface area (Å²) >= 11 is 14.5. The number of carbonyl (C=O) groups excluding carboxylic acids is 3. The number of carboxylic acids is 1. The number of Topliss-reactive ketones (excluding diaryl/α,β-unsaturated/α-hetero) is 1. The van der Waals surface area contributed by atoms with Crippen LogP contribution in [0.25, 0.3) is 10.6 Å². The van der Waals surface area contributed by atoms with Gasteiger partial charge in [-0.2, -0.15) is 0 Å². The molecular formula is C21H17Cl2LiN4O4S2. The van der Waals surface area contributed by atoms with Crippen molar-refractivity contribution in [1.82, 2.24) is 15.3 Å². The largest absolute Gasteiger partial charge is 1.00 e. The van der Waals surface area contributed by atoms with Gasteiger partial charge in [0.2, 0.25) is 0 Å². The molecule has 34 heavy (non-hydrogen) atoms. The van der Waals surface area contributed by atoms with Crippen LogP contribution in [0.4, 0.5) is 5.13 Å². The van der Waals surface area contributed by atoms with E-state index < -0.39 is 5.97 Å². The summed E-state index contributed by atoms with van der Waals surface area (Å²) in [6.07, 6.45) is 0. The predicted octanol–water partition coefficient (Wildman–Crippen LogP) is 0.250. The van der Waals surface area contributed by atoms with Crippen molar-refractivity contribution in [2.24, 2.45) is 11.8 Å². The number of nitrogens with one attached hydrogen (secondary N) is 2. The van der Waals surface area contributed by atoms with Crippen LogP contribution in [-0.4, -0.2) is 46.8 Å². The molecule has 3 atom stereocenters. The first-order valence-electron chi connectivity index (χ1n) is 10.1. The molecule has 13 heteroatoms. The molecule has 3 aromatic heterocycles. The maximum absolute atomic E-state index is 12.6. The van der Waals surface area contributed by atoms with Gasteiger partial charge in [-0.05, 0) is 26.0 Å². The first kappa shape index (κ1) is 25.3. The number of anilines is 1. The molecule has 1 aliphatic heterocycles. The molecule has 172 valence electrons. The fraction of sp³-hybridized carbons (Fsp3) is 0.333. The Morgan fingerprint density at radius 1 is 1.18 bits per heavy atom. The molecular weight excluding hydrogens is 514 g/mol. The predicted molar refractivity (Wildman–Crippen MR) is 126 cm³/mol. The van der Waals surface area contributed by atoms with Crippen LogP contribution in [0, 0.1) is 18.8 Å². The number of thiazole rings is 1. The van der Waals surface area contributed by atoms with Crippen molar-refractivity contribution in [3.8, 4) is 10.6 Å². The van der Waals surface area contributed by atoms with Crippen LogP contribution in [-0.2, 0) is 0 Å². The van der Waals surface area contributed by atoms with Gasteiger partial charge in [0.05, 0.1) is 30.6 Å². The second-order valence-corrected chi connectivity index (χ2v) is 11.0. The summed E-state index contributed by atoms with van der Waals surface area (Å²) in [5.41, 5.74) is 1.22. The molecule has 4 heterocycles. The fourth-order valence-electron chi connectivity index (χ4n) is 4.25. The van der Waals surface area contributed by atoms with E-state index in [2.05, 4.69) is 15.3 Å². The van der Waals surface area contributed by atoms with Gasteiger partial charge in [0, 0.05) is 36.7 Å². The normalized spacial score (nSPS) is 20.6. The van der Waals surface area contributed by atoms with E-state index in [-0.39, 0.29) is 64.0 Å². The zero-order valence-corrected chi connectivity index (χ0v) is 21.5. The average Bonchev–Trinajstić information content (AvgIpc) is 3.33. The summed E-state index contributed by atoms with van der Waals surface area (Å²) in [6.45, 7) is 4.51. The molecule has 1 saturated heterocycles. The first-order chi connectivity index (χ1) is 15.7. The monoisotopic (exact) mass is 530 g/mol. The topological polar surface area (TPSA) is 118 Å². The van der Waals surface area contributed by atoms with Crippen molar-refractivity contribution in [3.63, 3.8) is 0 Å². The molecule has 0 bridgehead atoms. The van der Waals surface area contributed by atoms with Crippen LogP contribution in [0.5, 0.6) is 0 Å².